The highest BCUT2D eigenvalue weighted by atomic mass is 15.0. The first-order chi connectivity index (χ1) is 3.95. The van der Waals surface area contributed by atoms with Crippen molar-refractivity contribution in [1.29, 1.82) is 5.41 Å². The monoisotopic (exact) mass is 126 g/mol. The van der Waals surface area contributed by atoms with Gasteiger partial charge in [-0.05, 0) is 26.8 Å². The summed E-state index contributed by atoms with van der Waals surface area (Å²) < 4.78 is 0. The van der Waals surface area contributed by atoms with Crippen LogP contribution in [0, 0.1) is 5.41 Å². The van der Waals surface area contributed by atoms with Gasteiger partial charge in [0.05, 0.1) is 0 Å². The van der Waals surface area contributed by atoms with Gasteiger partial charge in [-0.1, -0.05) is 6.58 Å². The molecule has 0 aromatic rings. The van der Waals surface area contributed by atoms with Crippen LogP contribution in [0.15, 0.2) is 12.7 Å². The normalized spacial score (nSPS) is 10.6. The van der Waals surface area contributed by atoms with Crippen LogP contribution in [-0.2, 0) is 0 Å². The molecule has 0 aliphatic rings. The molecule has 0 aliphatic carbocycles. The fourth-order valence-electron chi connectivity index (χ4n) is 0.455. The van der Waals surface area contributed by atoms with E-state index in [1.54, 1.807) is 0 Å². The van der Waals surface area contributed by atoms with Crippen LogP contribution < -0.4 is 5.32 Å². The molecule has 0 unspecified atom stereocenters. The molecule has 52 valence electrons. The van der Waals surface area contributed by atoms with Gasteiger partial charge in [0.2, 0.25) is 0 Å². The zero-order chi connectivity index (χ0) is 7.49. The maximum atomic E-state index is 7.16. The Morgan fingerprint density at radius 3 is 2.11 bits per heavy atom. The molecule has 2 nitrogen and oxygen atoms in total. The lowest BCUT2D eigenvalue weighted by molar-refractivity contribution is 0.511. The highest BCUT2D eigenvalue weighted by Gasteiger charge is 2.08. The fraction of sp³-hybridized carbons (Fsp3) is 0.571. The van der Waals surface area contributed by atoms with Gasteiger partial charge in [-0.2, -0.15) is 0 Å². The second-order valence-electron chi connectivity index (χ2n) is 2.99. The van der Waals surface area contributed by atoms with Crippen LogP contribution in [0.3, 0.4) is 0 Å². The summed E-state index contributed by atoms with van der Waals surface area (Å²) in [4.78, 5) is 0. The Morgan fingerprint density at radius 2 is 2.00 bits per heavy atom. The molecule has 0 fully saturated rings. The maximum Gasteiger partial charge on any atom is 0.117 e. The SMILES string of the molecule is C=CC(=N)NC(C)(C)C. The Balaban J connectivity index is 3.74. The molecule has 0 bridgehead atoms. The molecule has 0 aromatic heterocycles. The zero-order valence-electron chi connectivity index (χ0n) is 6.28. The number of rotatable bonds is 1. The van der Waals surface area contributed by atoms with Crippen molar-refractivity contribution in [2.24, 2.45) is 0 Å². The lowest BCUT2D eigenvalue weighted by Crippen LogP contribution is -2.39. The third-order valence-electron chi connectivity index (χ3n) is 0.714. The third kappa shape index (κ3) is 5.07. The van der Waals surface area contributed by atoms with Crippen molar-refractivity contribution in [3.8, 4) is 0 Å². The van der Waals surface area contributed by atoms with Crippen molar-refractivity contribution >= 4 is 5.84 Å². The largest absolute Gasteiger partial charge is 0.366 e. The van der Waals surface area contributed by atoms with Gasteiger partial charge in [0, 0.05) is 5.54 Å². The first-order valence-corrected chi connectivity index (χ1v) is 2.95. The summed E-state index contributed by atoms with van der Waals surface area (Å²) in [6, 6.07) is 0. The molecule has 0 radical (unpaired) electrons. The smallest absolute Gasteiger partial charge is 0.117 e. The van der Waals surface area contributed by atoms with Crippen LogP contribution in [0.25, 0.3) is 0 Å². The highest BCUT2D eigenvalue weighted by Crippen LogP contribution is 1.97. The molecule has 9 heavy (non-hydrogen) atoms. The molecule has 0 heterocycles. The number of nitrogens with one attached hydrogen (secondary N) is 2. The molecular weight excluding hydrogens is 112 g/mol. The topological polar surface area (TPSA) is 35.9 Å². The van der Waals surface area contributed by atoms with Crippen LogP contribution in [-0.4, -0.2) is 11.4 Å². The van der Waals surface area contributed by atoms with Gasteiger partial charge in [0.15, 0.2) is 0 Å². The van der Waals surface area contributed by atoms with Crippen LogP contribution in [0.4, 0.5) is 0 Å². The van der Waals surface area contributed by atoms with E-state index in [1.807, 2.05) is 20.8 Å². The summed E-state index contributed by atoms with van der Waals surface area (Å²) in [5.41, 5.74) is -0.0225. The van der Waals surface area contributed by atoms with E-state index in [1.165, 1.54) is 6.08 Å². The van der Waals surface area contributed by atoms with E-state index in [0.29, 0.717) is 5.84 Å². The summed E-state index contributed by atoms with van der Waals surface area (Å²) in [6.07, 6.45) is 1.49. The minimum atomic E-state index is -0.0225. The molecule has 0 saturated heterocycles. The maximum absolute atomic E-state index is 7.16. The molecular formula is C7H14N2. The van der Waals surface area contributed by atoms with Crippen LogP contribution >= 0.6 is 0 Å². The minimum absolute atomic E-state index is 0.0225. The number of hydrogen-bond acceptors (Lipinski definition) is 1. The Kier molecular flexibility index (Phi) is 2.43. The van der Waals surface area contributed by atoms with Crippen molar-refractivity contribution in [3.05, 3.63) is 12.7 Å². The molecule has 0 aliphatic heterocycles. The van der Waals surface area contributed by atoms with Gasteiger partial charge in [0.25, 0.3) is 0 Å². The standard InChI is InChI=1S/C7H14N2/c1-5-6(8)9-7(2,3)4/h5H,1H2,2-4H3,(H2,8,9). The quantitative estimate of drug-likeness (QED) is 0.405. The lowest BCUT2D eigenvalue weighted by Gasteiger charge is -2.20. The fourth-order valence-corrected chi connectivity index (χ4v) is 0.455. The van der Waals surface area contributed by atoms with Gasteiger partial charge in [-0.25, -0.2) is 0 Å². The average Bonchev–Trinajstić information content (AvgIpc) is 1.62. The summed E-state index contributed by atoms with van der Waals surface area (Å²) in [7, 11) is 0. The first kappa shape index (κ1) is 8.21. The summed E-state index contributed by atoms with van der Waals surface area (Å²) in [5, 5.41) is 10.1. The molecule has 0 saturated carbocycles. The zero-order valence-corrected chi connectivity index (χ0v) is 6.28. The second kappa shape index (κ2) is 2.67. The van der Waals surface area contributed by atoms with Gasteiger partial charge >= 0.3 is 0 Å². The summed E-state index contributed by atoms with van der Waals surface area (Å²) >= 11 is 0. The van der Waals surface area contributed by atoms with E-state index >= 15 is 0 Å². The van der Waals surface area contributed by atoms with Gasteiger partial charge in [0.1, 0.15) is 5.84 Å². The van der Waals surface area contributed by atoms with Gasteiger partial charge in [-0.3, -0.25) is 5.41 Å². The van der Waals surface area contributed by atoms with E-state index in [2.05, 4.69) is 11.9 Å². The lowest BCUT2D eigenvalue weighted by atomic mass is 10.1. The third-order valence-corrected chi connectivity index (χ3v) is 0.714. The number of amidine groups is 1. The first-order valence-electron chi connectivity index (χ1n) is 2.95. The molecule has 0 atom stereocenters. The second-order valence-corrected chi connectivity index (χ2v) is 2.99. The van der Waals surface area contributed by atoms with E-state index in [4.69, 9.17) is 5.41 Å². The Hall–Kier alpha value is -0.790. The average molecular weight is 126 g/mol. The molecule has 0 aromatic carbocycles. The van der Waals surface area contributed by atoms with Gasteiger partial charge in [-0.15, -0.1) is 0 Å². The molecule has 0 spiro atoms. The Bertz CT molecular complexity index is 119. The van der Waals surface area contributed by atoms with E-state index in [-0.39, 0.29) is 5.54 Å². The van der Waals surface area contributed by atoms with Crippen molar-refractivity contribution in [2.75, 3.05) is 0 Å². The summed E-state index contributed by atoms with van der Waals surface area (Å²) in [5.74, 6) is 0.377. The van der Waals surface area contributed by atoms with E-state index in [0.717, 1.165) is 0 Å². The van der Waals surface area contributed by atoms with Crippen LogP contribution in [0.1, 0.15) is 20.8 Å². The van der Waals surface area contributed by atoms with Crippen LogP contribution in [0.5, 0.6) is 0 Å². The highest BCUT2D eigenvalue weighted by molar-refractivity contribution is 5.89. The minimum Gasteiger partial charge on any atom is -0.366 e. The predicted octanol–water partition coefficient (Wildman–Crippen LogP) is 1.54. The van der Waals surface area contributed by atoms with Crippen molar-refractivity contribution in [3.63, 3.8) is 0 Å². The molecule has 2 heteroatoms. The van der Waals surface area contributed by atoms with E-state index < -0.39 is 0 Å². The Labute approximate surface area is 56.5 Å². The van der Waals surface area contributed by atoms with E-state index in [9.17, 15) is 0 Å². The Morgan fingerprint density at radius 1 is 1.56 bits per heavy atom. The molecule has 0 rings (SSSR count). The summed E-state index contributed by atoms with van der Waals surface area (Å²) in [6.45, 7) is 9.47. The van der Waals surface area contributed by atoms with Crippen LogP contribution in [0.2, 0.25) is 0 Å². The van der Waals surface area contributed by atoms with Crippen molar-refractivity contribution in [1.82, 2.24) is 5.32 Å². The molecule has 0 amide bonds. The van der Waals surface area contributed by atoms with Crippen molar-refractivity contribution < 1.29 is 0 Å². The van der Waals surface area contributed by atoms with Crippen molar-refractivity contribution in [2.45, 2.75) is 26.3 Å². The molecule has 2 N–H and O–H groups in total. The number of hydrogen-bond donors (Lipinski definition) is 2. The predicted molar refractivity (Wildman–Crippen MR) is 40.8 cm³/mol. The van der Waals surface area contributed by atoms with Gasteiger partial charge < -0.3 is 5.32 Å².